The molecule has 1 aliphatic rings. The first kappa shape index (κ1) is 17.5. The lowest BCUT2D eigenvalue weighted by atomic mass is 9.92. The summed E-state index contributed by atoms with van der Waals surface area (Å²) in [6, 6.07) is 0. The Morgan fingerprint density at radius 2 is 2.17 bits per heavy atom. The van der Waals surface area contributed by atoms with E-state index in [0.29, 0.717) is 23.5 Å². The van der Waals surface area contributed by atoms with Crippen LogP contribution in [0.25, 0.3) is 0 Å². The predicted molar refractivity (Wildman–Crippen MR) is 90.6 cm³/mol. The van der Waals surface area contributed by atoms with Gasteiger partial charge in [-0.1, -0.05) is 19.9 Å². The highest BCUT2D eigenvalue weighted by atomic mass is 32.1. The van der Waals surface area contributed by atoms with Crippen LogP contribution in [0.1, 0.15) is 30.8 Å². The first-order valence-corrected chi connectivity index (χ1v) is 8.62. The minimum Gasteiger partial charge on any atom is -0.451 e. The number of likely N-dealkylation sites (tertiary alicyclic amines) is 1. The molecule has 0 bridgehead atoms. The molecule has 0 radical (unpaired) electrons. The van der Waals surface area contributed by atoms with Gasteiger partial charge in [0.25, 0.3) is 5.91 Å². The normalized spacial score (nSPS) is 20.9. The predicted octanol–water partition coefficient (Wildman–Crippen LogP) is 2.40. The molecular formula is C16H23N3O3S. The third-order valence-electron chi connectivity index (χ3n) is 3.66. The monoisotopic (exact) mass is 337 g/mol. The molecule has 2 atom stereocenters. The number of thiazole rings is 1. The maximum absolute atomic E-state index is 12.2. The van der Waals surface area contributed by atoms with Crippen molar-refractivity contribution < 1.29 is 14.3 Å². The van der Waals surface area contributed by atoms with E-state index in [4.69, 9.17) is 4.74 Å². The number of rotatable bonds is 6. The minimum absolute atomic E-state index is 0.142. The lowest BCUT2D eigenvalue weighted by Crippen LogP contribution is -2.44. The summed E-state index contributed by atoms with van der Waals surface area (Å²) in [6.07, 6.45) is 2.83. The number of aromatic nitrogens is 1. The van der Waals surface area contributed by atoms with Crippen molar-refractivity contribution in [3.8, 4) is 0 Å². The molecule has 2 rings (SSSR count). The van der Waals surface area contributed by atoms with Gasteiger partial charge in [0.1, 0.15) is 0 Å². The van der Waals surface area contributed by atoms with E-state index >= 15 is 0 Å². The minimum atomic E-state index is -0.570. The molecule has 6 nitrogen and oxygen atoms in total. The number of ether oxygens (including phenoxy) is 1. The molecule has 1 saturated heterocycles. The molecule has 0 saturated carbocycles. The number of piperidine rings is 1. The molecule has 0 aliphatic carbocycles. The van der Waals surface area contributed by atoms with E-state index in [0.717, 1.165) is 19.5 Å². The molecule has 2 heterocycles. The van der Waals surface area contributed by atoms with E-state index < -0.39 is 5.97 Å². The van der Waals surface area contributed by atoms with Crippen molar-refractivity contribution >= 4 is 28.3 Å². The Hall–Kier alpha value is -1.89. The summed E-state index contributed by atoms with van der Waals surface area (Å²) in [5.41, 5.74) is 0.217. The van der Waals surface area contributed by atoms with Crippen molar-refractivity contribution in [2.75, 3.05) is 31.6 Å². The number of hydrogen-bond donors (Lipinski definition) is 1. The third-order valence-corrected chi connectivity index (χ3v) is 4.46. The van der Waals surface area contributed by atoms with Crippen molar-refractivity contribution in [2.24, 2.45) is 11.8 Å². The fraction of sp³-hybridized carbons (Fsp3) is 0.562. The van der Waals surface area contributed by atoms with E-state index in [1.807, 2.05) is 0 Å². The molecular weight excluding hydrogens is 314 g/mol. The first-order chi connectivity index (χ1) is 11.0. The number of anilines is 1. The van der Waals surface area contributed by atoms with Crippen molar-refractivity contribution in [1.29, 1.82) is 0 Å². The van der Waals surface area contributed by atoms with Crippen LogP contribution in [-0.4, -0.2) is 48.0 Å². The van der Waals surface area contributed by atoms with Gasteiger partial charge in [0.05, 0.1) is 0 Å². The van der Waals surface area contributed by atoms with Crippen LogP contribution in [0.2, 0.25) is 0 Å². The quantitative estimate of drug-likeness (QED) is 0.637. The second-order valence-corrected chi connectivity index (χ2v) is 6.89. The van der Waals surface area contributed by atoms with Gasteiger partial charge in [0, 0.05) is 25.0 Å². The van der Waals surface area contributed by atoms with E-state index in [9.17, 15) is 9.59 Å². The fourth-order valence-electron chi connectivity index (χ4n) is 2.77. The van der Waals surface area contributed by atoms with Gasteiger partial charge < -0.3 is 15.0 Å². The van der Waals surface area contributed by atoms with Gasteiger partial charge in [-0.15, -0.1) is 17.9 Å². The standard InChI is InChI=1S/C16H23N3O3S/c1-4-5-17-16-18-13(10-23-16)15(21)22-9-14(20)19-7-11(2)6-12(3)8-19/h4,10-12H,1,5-9H2,2-3H3,(H,17,18)/t11-,12-/m0/s1. The summed E-state index contributed by atoms with van der Waals surface area (Å²) in [7, 11) is 0. The zero-order valence-electron chi connectivity index (χ0n) is 13.6. The summed E-state index contributed by atoms with van der Waals surface area (Å²) in [4.78, 5) is 30.0. The van der Waals surface area contributed by atoms with E-state index in [1.165, 1.54) is 11.3 Å². The molecule has 1 N–H and O–H groups in total. The van der Waals surface area contributed by atoms with Crippen molar-refractivity contribution in [3.05, 3.63) is 23.7 Å². The van der Waals surface area contributed by atoms with Gasteiger partial charge in [-0.2, -0.15) is 0 Å². The van der Waals surface area contributed by atoms with Crippen LogP contribution < -0.4 is 5.32 Å². The smallest absolute Gasteiger partial charge is 0.358 e. The van der Waals surface area contributed by atoms with E-state index in [1.54, 1.807) is 16.4 Å². The summed E-state index contributed by atoms with van der Waals surface area (Å²) in [5.74, 6) is 0.252. The second kappa shape index (κ2) is 8.10. The van der Waals surface area contributed by atoms with Gasteiger partial charge in [-0.05, 0) is 18.3 Å². The number of carbonyl (C=O) groups is 2. The maximum Gasteiger partial charge on any atom is 0.358 e. The highest BCUT2D eigenvalue weighted by Gasteiger charge is 2.26. The zero-order chi connectivity index (χ0) is 16.8. The van der Waals surface area contributed by atoms with Gasteiger partial charge in [0.15, 0.2) is 17.4 Å². The molecule has 0 spiro atoms. The highest BCUT2D eigenvalue weighted by Crippen LogP contribution is 2.21. The Kier molecular flexibility index (Phi) is 6.15. The Morgan fingerprint density at radius 3 is 2.83 bits per heavy atom. The van der Waals surface area contributed by atoms with E-state index in [2.05, 4.69) is 30.7 Å². The largest absolute Gasteiger partial charge is 0.451 e. The summed E-state index contributed by atoms with van der Waals surface area (Å²) in [5, 5.41) is 5.24. The van der Waals surface area contributed by atoms with Crippen LogP contribution in [0.3, 0.4) is 0 Å². The van der Waals surface area contributed by atoms with Crippen molar-refractivity contribution in [1.82, 2.24) is 9.88 Å². The van der Waals surface area contributed by atoms with Gasteiger partial charge in [-0.25, -0.2) is 9.78 Å². The third kappa shape index (κ3) is 5.06. The topological polar surface area (TPSA) is 71.5 Å². The zero-order valence-corrected chi connectivity index (χ0v) is 14.4. The van der Waals surface area contributed by atoms with Crippen molar-refractivity contribution in [2.45, 2.75) is 20.3 Å². The van der Waals surface area contributed by atoms with Gasteiger partial charge in [-0.3, -0.25) is 4.79 Å². The Morgan fingerprint density at radius 1 is 1.48 bits per heavy atom. The number of amides is 1. The number of nitrogens with one attached hydrogen (secondary N) is 1. The number of esters is 1. The van der Waals surface area contributed by atoms with Crippen LogP contribution in [0.5, 0.6) is 0 Å². The number of nitrogens with zero attached hydrogens (tertiary/aromatic N) is 2. The van der Waals surface area contributed by atoms with Gasteiger partial charge >= 0.3 is 5.97 Å². The number of hydrogen-bond acceptors (Lipinski definition) is 6. The first-order valence-electron chi connectivity index (χ1n) is 7.74. The summed E-state index contributed by atoms with van der Waals surface area (Å²) in [6.45, 7) is 9.67. The molecule has 1 aromatic rings. The summed E-state index contributed by atoms with van der Waals surface area (Å²) >= 11 is 1.31. The molecule has 23 heavy (non-hydrogen) atoms. The lowest BCUT2D eigenvalue weighted by molar-refractivity contribution is -0.137. The molecule has 0 unspecified atom stereocenters. The second-order valence-electron chi connectivity index (χ2n) is 6.03. The SMILES string of the molecule is C=CCNc1nc(C(=O)OCC(=O)N2C[C@@H](C)C[C@H](C)C2)cs1. The van der Waals surface area contributed by atoms with Gasteiger partial charge in [0.2, 0.25) is 0 Å². The molecule has 1 fully saturated rings. The van der Waals surface area contributed by atoms with Crippen LogP contribution in [-0.2, 0) is 9.53 Å². The average molecular weight is 337 g/mol. The fourth-order valence-corrected chi connectivity index (χ4v) is 3.46. The lowest BCUT2D eigenvalue weighted by Gasteiger charge is -2.34. The average Bonchev–Trinajstić information content (AvgIpc) is 2.98. The van der Waals surface area contributed by atoms with Crippen LogP contribution in [0, 0.1) is 11.8 Å². The molecule has 7 heteroatoms. The molecule has 126 valence electrons. The number of carbonyl (C=O) groups excluding carboxylic acids is 2. The molecule has 1 aliphatic heterocycles. The van der Waals surface area contributed by atoms with Crippen LogP contribution in [0.15, 0.2) is 18.0 Å². The molecule has 0 aromatic carbocycles. The maximum atomic E-state index is 12.2. The van der Waals surface area contributed by atoms with Crippen LogP contribution in [0.4, 0.5) is 5.13 Å². The Balaban J connectivity index is 1.82. The Bertz CT molecular complexity index is 563. The van der Waals surface area contributed by atoms with E-state index in [-0.39, 0.29) is 18.2 Å². The Labute approximate surface area is 140 Å². The highest BCUT2D eigenvalue weighted by molar-refractivity contribution is 7.13. The molecule has 1 amide bonds. The molecule has 1 aromatic heterocycles. The summed E-state index contributed by atoms with van der Waals surface area (Å²) < 4.78 is 5.10. The van der Waals surface area contributed by atoms with Crippen molar-refractivity contribution in [3.63, 3.8) is 0 Å². The van der Waals surface area contributed by atoms with Crippen LogP contribution >= 0.6 is 11.3 Å².